The van der Waals surface area contributed by atoms with Crippen LogP contribution >= 0.6 is 0 Å². The normalized spacial score (nSPS) is 15.9. The highest BCUT2D eigenvalue weighted by Gasteiger charge is 2.16. The molecule has 0 radical (unpaired) electrons. The van der Waals surface area contributed by atoms with Crippen molar-refractivity contribution in [2.45, 2.75) is 45.1 Å². The Morgan fingerprint density at radius 1 is 1.31 bits per heavy atom. The zero-order valence-corrected chi connectivity index (χ0v) is 10.1. The first kappa shape index (κ1) is 11.5. The average molecular weight is 220 g/mol. The average Bonchev–Trinajstić information content (AvgIpc) is 2.74. The fourth-order valence-corrected chi connectivity index (χ4v) is 2.40. The summed E-state index contributed by atoms with van der Waals surface area (Å²) in [4.78, 5) is 0. The minimum Gasteiger partial charge on any atom is -0.496 e. The largest absolute Gasteiger partial charge is 0.496 e. The third kappa shape index (κ3) is 2.22. The van der Waals surface area contributed by atoms with Gasteiger partial charge in [0.25, 0.3) is 0 Å². The molecule has 0 spiro atoms. The molecule has 0 saturated heterocycles. The van der Waals surface area contributed by atoms with Crippen LogP contribution in [0.3, 0.4) is 0 Å². The van der Waals surface area contributed by atoms with Crippen molar-refractivity contribution in [3.8, 4) is 5.75 Å². The van der Waals surface area contributed by atoms with Gasteiger partial charge in [0.05, 0.1) is 13.2 Å². The predicted molar refractivity (Wildman–Crippen MR) is 65.0 cm³/mol. The lowest BCUT2D eigenvalue weighted by molar-refractivity contribution is 0.169. The first-order valence-electron chi connectivity index (χ1n) is 6.11. The van der Waals surface area contributed by atoms with Crippen LogP contribution in [0.4, 0.5) is 0 Å². The highest BCUT2D eigenvalue weighted by atomic mass is 16.5. The number of hydrogen-bond donors (Lipinski definition) is 1. The summed E-state index contributed by atoms with van der Waals surface area (Å²) in [6.07, 6.45) is 4.83. The van der Waals surface area contributed by atoms with E-state index in [2.05, 4.69) is 12.1 Å². The molecular weight excluding hydrogens is 200 g/mol. The lowest BCUT2D eigenvalue weighted by Gasteiger charge is -2.14. The van der Waals surface area contributed by atoms with Gasteiger partial charge in [-0.3, -0.25) is 0 Å². The summed E-state index contributed by atoms with van der Waals surface area (Å²) in [6.45, 7) is 2.00. The van der Waals surface area contributed by atoms with Crippen molar-refractivity contribution >= 4 is 0 Å². The van der Waals surface area contributed by atoms with Crippen molar-refractivity contribution in [1.82, 2.24) is 0 Å². The molecule has 1 aromatic carbocycles. The maximum absolute atomic E-state index is 9.72. The predicted octanol–water partition coefficient (Wildman–Crippen LogP) is 2.50. The van der Waals surface area contributed by atoms with Crippen LogP contribution in [0.5, 0.6) is 5.75 Å². The van der Waals surface area contributed by atoms with Gasteiger partial charge in [-0.05, 0) is 48.4 Å². The second-order valence-electron chi connectivity index (χ2n) is 4.55. The molecule has 0 heterocycles. The highest BCUT2D eigenvalue weighted by Crippen LogP contribution is 2.30. The quantitative estimate of drug-likeness (QED) is 0.844. The van der Waals surface area contributed by atoms with Gasteiger partial charge in [-0.1, -0.05) is 13.0 Å². The number of methoxy groups -OCH3 is 1. The first-order chi connectivity index (χ1) is 7.74. The van der Waals surface area contributed by atoms with E-state index in [-0.39, 0.29) is 6.10 Å². The van der Waals surface area contributed by atoms with E-state index in [9.17, 15) is 5.11 Å². The van der Waals surface area contributed by atoms with Gasteiger partial charge in [-0.25, -0.2) is 0 Å². The van der Waals surface area contributed by atoms with Crippen LogP contribution in [-0.4, -0.2) is 18.3 Å². The summed E-state index contributed by atoms with van der Waals surface area (Å²) in [7, 11) is 1.71. The van der Waals surface area contributed by atoms with E-state index in [1.165, 1.54) is 30.4 Å². The minimum absolute atomic E-state index is 0.256. The molecule has 1 aromatic rings. The molecule has 2 nitrogen and oxygen atoms in total. The van der Waals surface area contributed by atoms with E-state index < -0.39 is 0 Å². The van der Waals surface area contributed by atoms with Crippen LogP contribution in [-0.2, 0) is 19.3 Å². The number of aliphatic hydroxyl groups is 1. The third-order valence-corrected chi connectivity index (χ3v) is 3.42. The Labute approximate surface area is 97.3 Å². The smallest absolute Gasteiger partial charge is 0.122 e. The molecule has 0 fully saturated rings. The summed E-state index contributed by atoms with van der Waals surface area (Å²) in [5, 5.41) is 9.72. The maximum atomic E-state index is 9.72. The molecule has 1 aliphatic rings. The van der Waals surface area contributed by atoms with Gasteiger partial charge in [0.1, 0.15) is 5.75 Å². The van der Waals surface area contributed by atoms with E-state index in [1.54, 1.807) is 7.11 Å². The molecule has 0 bridgehead atoms. The van der Waals surface area contributed by atoms with Gasteiger partial charge in [-0.2, -0.15) is 0 Å². The van der Waals surface area contributed by atoms with E-state index in [1.807, 2.05) is 6.92 Å². The summed E-state index contributed by atoms with van der Waals surface area (Å²) in [6, 6.07) is 4.38. The van der Waals surface area contributed by atoms with Gasteiger partial charge >= 0.3 is 0 Å². The van der Waals surface area contributed by atoms with Crippen molar-refractivity contribution in [3.05, 3.63) is 28.8 Å². The Morgan fingerprint density at radius 2 is 2.00 bits per heavy atom. The number of ether oxygens (including phenoxy) is 1. The van der Waals surface area contributed by atoms with Crippen molar-refractivity contribution in [2.24, 2.45) is 0 Å². The third-order valence-electron chi connectivity index (χ3n) is 3.42. The SMILES string of the molecule is CCC(O)Cc1cc2c(cc1OC)CCC2. The number of rotatable bonds is 4. The van der Waals surface area contributed by atoms with E-state index in [4.69, 9.17) is 4.74 Å². The number of hydrogen-bond acceptors (Lipinski definition) is 2. The maximum Gasteiger partial charge on any atom is 0.122 e. The van der Waals surface area contributed by atoms with Crippen molar-refractivity contribution in [2.75, 3.05) is 7.11 Å². The molecule has 16 heavy (non-hydrogen) atoms. The Hall–Kier alpha value is -1.02. The van der Waals surface area contributed by atoms with E-state index in [0.29, 0.717) is 6.42 Å². The standard InChI is InChI=1S/C14H20O2/c1-3-13(15)8-12-7-10-5-4-6-11(10)9-14(12)16-2/h7,9,13,15H,3-6,8H2,1-2H3. The highest BCUT2D eigenvalue weighted by molar-refractivity contribution is 5.45. The molecular formula is C14H20O2. The number of aryl methyl sites for hydroxylation is 2. The summed E-state index contributed by atoms with van der Waals surface area (Å²) >= 11 is 0. The molecule has 1 aliphatic carbocycles. The molecule has 1 atom stereocenters. The molecule has 1 N–H and O–H groups in total. The lowest BCUT2D eigenvalue weighted by Crippen LogP contribution is -2.10. The molecule has 2 rings (SSSR count). The van der Waals surface area contributed by atoms with E-state index in [0.717, 1.165) is 17.7 Å². The number of benzene rings is 1. The molecule has 0 aromatic heterocycles. The first-order valence-corrected chi connectivity index (χ1v) is 6.11. The molecule has 1 unspecified atom stereocenters. The zero-order valence-electron chi connectivity index (χ0n) is 10.1. The van der Waals surface area contributed by atoms with Crippen LogP contribution in [0, 0.1) is 0 Å². The molecule has 0 saturated carbocycles. The van der Waals surface area contributed by atoms with Crippen LogP contribution in [0.2, 0.25) is 0 Å². The van der Waals surface area contributed by atoms with Gasteiger partial charge in [0.2, 0.25) is 0 Å². The lowest BCUT2D eigenvalue weighted by atomic mass is 10.00. The van der Waals surface area contributed by atoms with Crippen LogP contribution in [0.15, 0.2) is 12.1 Å². The fourth-order valence-electron chi connectivity index (χ4n) is 2.40. The summed E-state index contributed by atoms with van der Waals surface area (Å²) in [5.74, 6) is 0.938. The minimum atomic E-state index is -0.256. The molecule has 0 aliphatic heterocycles. The Balaban J connectivity index is 2.28. The topological polar surface area (TPSA) is 29.5 Å². The van der Waals surface area contributed by atoms with Crippen LogP contribution in [0.25, 0.3) is 0 Å². The van der Waals surface area contributed by atoms with Crippen molar-refractivity contribution in [1.29, 1.82) is 0 Å². The van der Waals surface area contributed by atoms with Gasteiger partial charge in [-0.15, -0.1) is 0 Å². The molecule has 0 amide bonds. The zero-order chi connectivity index (χ0) is 11.5. The summed E-state index contributed by atoms with van der Waals surface area (Å²) in [5.41, 5.74) is 4.02. The van der Waals surface area contributed by atoms with Gasteiger partial charge in [0, 0.05) is 6.42 Å². The summed E-state index contributed by atoms with van der Waals surface area (Å²) < 4.78 is 5.40. The van der Waals surface area contributed by atoms with Gasteiger partial charge in [0.15, 0.2) is 0 Å². The monoisotopic (exact) mass is 220 g/mol. The van der Waals surface area contributed by atoms with Gasteiger partial charge < -0.3 is 9.84 Å². The Bertz CT molecular complexity index is 371. The number of fused-ring (bicyclic) bond motifs is 1. The Morgan fingerprint density at radius 3 is 2.62 bits per heavy atom. The van der Waals surface area contributed by atoms with Crippen molar-refractivity contribution < 1.29 is 9.84 Å². The van der Waals surface area contributed by atoms with Crippen molar-refractivity contribution in [3.63, 3.8) is 0 Å². The molecule has 88 valence electrons. The Kier molecular flexibility index (Phi) is 3.49. The second-order valence-corrected chi connectivity index (χ2v) is 4.55. The molecule has 2 heteroatoms. The van der Waals surface area contributed by atoms with E-state index >= 15 is 0 Å². The van der Waals surface area contributed by atoms with Crippen LogP contribution < -0.4 is 4.74 Å². The fraction of sp³-hybridized carbons (Fsp3) is 0.571. The second kappa shape index (κ2) is 4.88. The van der Waals surface area contributed by atoms with Crippen LogP contribution in [0.1, 0.15) is 36.5 Å². The number of aliphatic hydroxyl groups excluding tert-OH is 1.